The summed E-state index contributed by atoms with van der Waals surface area (Å²) >= 11 is 6.46. The summed E-state index contributed by atoms with van der Waals surface area (Å²) in [6.07, 6.45) is 0.654. The molecule has 36 heavy (non-hydrogen) atoms. The molecule has 8 heteroatoms. The molecule has 0 amide bonds. The number of carbonyl (C=O) groups excluding carboxylic acids is 1. The number of benzene rings is 2. The molecule has 0 spiro atoms. The third-order valence-corrected chi connectivity index (χ3v) is 5.65. The first-order chi connectivity index (χ1) is 17.2. The Morgan fingerprint density at radius 1 is 1.08 bits per heavy atom. The summed E-state index contributed by atoms with van der Waals surface area (Å²) in [6.45, 7) is 4.10. The average Bonchev–Trinajstić information content (AvgIpc) is 2.86. The molecule has 0 saturated heterocycles. The van der Waals surface area contributed by atoms with Gasteiger partial charge in [-0.05, 0) is 67.8 Å². The Balaban J connectivity index is 1.83. The topological polar surface area (TPSA) is 48.4 Å². The monoisotopic (exact) mass is 517 g/mol. The van der Waals surface area contributed by atoms with Gasteiger partial charge in [0.25, 0.3) is 0 Å². The van der Waals surface area contributed by atoms with E-state index >= 15 is 0 Å². The zero-order valence-corrected chi connectivity index (χ0v) is 20.8. The van der Waals surface area contributed by atoms with Crippen LogP contribution in [0.1, 0.15) is 56.0 Å². The van der Waals surface area contributed by atoms with E-state index in [0.717, 1.165) is 25.0 Å². The average molecular weight is 518 g/mol. The smallest absolute Gasteiger partial charge is 0.416 e. The fourth-order valence-corrected chi connectivity index (χ4v) is 3.74. The van der Waals surface area contributed by atoms with Gasteiger partial charge in [-0.1, -0.05) is 49.2 Å². The first-order valence-electron chi connectivity index (χ1n) is 11.7. The number of unbranched alkanes of at least 4 members (excludes halogenated alkanes) is 1. The van der Waals surface area contributed by atoms with Crippen LogP contribution in [0.3, 0.4) is 0 Å². The SMILES string of the molecule is CCCCC(Oc1ccc(C=CC(=O)OCC)cc1Cl)c1cccc(-c2ccc(C(F)(F)F)cc2)n1. The van der Waals surface area contributed by atoms with Gasteiger partial charge in [-0.25, -0.2) is 9.78 Å². The highest BCUT2D eigenvalue weighted by Crippen LogP contribution is 2.34. The number of esters is 1. The lowest BCUT2D eigenvalue weighted by Crippen LogP contribution is -2.10. The highest BCUT2D eigenvalue weighted by atomic mass is 35.5. The summed E-state index contributed by atoms with van der Waals surface area (Å²) in [7, 11) is 0. The van der Waals surface area contributed by atoms with E-state index in [1.807, 2.05) is 12.1 Å². The van der Waals surface area contributed by atoms with Crippen LogP contribution in [0, 0.1) is 0 Å². The number of hydrogen-bond acceptors (Lipinski definition) is 4. The molecule has 0 bridgehead atoms. The van der Waals surface area contributed by atoms with Crippen LogP contribution in [0.15, 0.2) is 66.7 Å². The first-order valence-corrected chi connectivity index (χ1v) is 12.0. The summed E-state index contributed by atoms with van der Waals surface area (Å²) in [5.41, 5.74) is 1.80. The van der Waals surface area contributed by atoms with E-state index in [4.69, 9.17) is 21.1 Å². The molecule has 2 aromatic carbocycles. The number of nitrogens with zero attached hydrogens (tertiary/aromatic N) is 1. The van der Waals surface area contributed by atoms with Crippen molar-refractivity contribution in [2.45, 2.75) is 45.4 Å². The van der Waals surface area contributed by atoms with Crippen molar-refractivity contribution in [2.75, 3.05) is 6.61 Å². The number of ether oxygens (including phenoxy) is 2. The minimum Gasteiger partial charge on any atom is -0.483 e. The largest absolute Gasteiger partial charge is 0.483 e. The lowest BCUT2D eigenvalue weighted by molar-refractivity contribution is -0.138. The van der Waals surface area contributed by atoms with Crippen molar-refractivity contribution in [3.8, 4) is 17.0 Å². The molecule has 0 aliphatic heterocycles. The fraction of sp³-hybridized carbons (Fsp3) is 0.286. The summed E-state index contributed by atoms with van der Waals surface area (Å²) in [5, 5.41) is 0.376. The minimum absolute atomic E-state index is 0.296. The Morgan fingerprint density at radius 2 is 1.83 bits per heavy atom. The highest BCUT2D eigenvalue weighted by molar-refractivity contribution is 6.32. The van der Waals surface area contributed by atoms with Crippen LogP contribution in [0.4, 0.5) is 13.2 Å². The predicted octanol–water partition coefficient (Wildman–Crippen LogP) is 8.31. The van der Waals surface area contributed by atoms with Gasteiger partial charge in [0.1, 0.15) is 11.9 Å². The first kappa shape index (κ1) is 27.3. The third-order valence-electron chi connectivity index (χ3n) is 5.35. The van der Waals surface area contributed by atoms with Gasteiger partial charge in [0, 0.05) is 11.6 Å². The molecule has 3 rings (SSSR count). The molecule has 0 saturated carbocycles. The molecular formula is C28H27ClF3NO3. The van der Waals surface area contributed by atoms with Crippen LogP contribution < -0.4 is 4.74 Å². The van der Waals surface area contributed by atoms with E-state index < -0.39 is 23.8 Å². The molecule has 1 aromatic heterocycles. The van der Waals surface area contributed by atoms with Crippen LogP contribution >= 0.6 is 11.6 Å². The van der Waals surface area contributed by atoms with Gasteiger partial charge in [0.2, 0.25) is 0 Å². The molecule has 0 N–H and O–H groups in total. The second kappa shape index (κ2) is 12.6. The number of aromatic nitrogens is 1. The second-order valence-electron chi connectivity index (χ2n) is 8.05. The van der Waals surface area contributed by atoms with Crippen molar-refractivity contribution in [2.24, 2.45) is 0 Å². The maximum Gasteiger partial charge on any atom is 0.416 e. The number of carbonyl (C=O) groups is 1. The lowest BCUT2D eigenvalue weighted by Gasteiger charge is -2.20. The maximum atomic E-state index is 12.9. The van der Waals surface area contributed by atoms with Crippen LogP contribution in [0.5, 0.6) is 5.75 Å². The molecule has 0 radical (unpaired) electrons. The van der Waals surface area contributed by atoms with E-state index in [0.29, 0.717) is 46.3 Å². The zero-order valence-electron chi connectivity index (χ0n) is 20.0. The van der Waals surface area contributed by atoms with Gasteiger partial charge >= 0.3 is 12.1 Å². The van der Waals surface area contributed by atoms with Crippen molar-refractivity contribution in [3.63, 3.8) is 0 Å². The van der Waals surface area contributed by atoms with Crippen molar-refractivity contribution in [1.82, 2.24) is 4.98 Å². The van der Waals surface area contributed by atoms with Gasteiger partial charge < -0.3 is 9.47 Å². The number of rotatable bonds is 10. The number of halogens is 4. The van der Waals surface area contributed by atoms with Gasteiger partial charge in [0.15, 0.2) is 0 Å². The Kier molecular flexibility index (Phi) is 9.53. The molecule has 0 fully saturated rings. The van der Waals surface area contributed by atoms with E-state index in [1.165, 1.54) is 18.2 Å². The summed E-state index contributed by atoms with van der Waals surface area (Å²) < 4.78 is 49.9. The van der Waals surface area contributed by atoms with Gasteiger partial charge in [-0.3, -0.25) is 0 Å². The van der Waals surface area contributed by atoms with Gasteiger partial charge in [0.05, 0.1) is 28.6 Å². The van der Waals surface area contributed by atoms with Crippen LogP contribution in [0.25, 0.3) is 17.3 Å². The molecule has 1 heterocycles. The molecule has 4 nitrogen and oxygen atoms in total. The van der Waals surface area contributed by atoms with Gasteiger partial charge in [-0.2, -0.15) is 13.2 Å². The quantitative estimate of drug-likeness (QED) is 0.200. The Labute approximate surface area is 213 Å². The predicted molar refractivity (Wildman–Crippen MR) is 135 cm³/mol. The van der Waals surface area contributed by atoms with Crippen molar-refractivity contribution in [1.29, 1.82) is 0 Å². The zero-order chi connectivity index (χ0) is 26.1. The minimum atomic E-state index is -4.39. The standard InChI is InChI=1S/C28H27ClF3NO3/c1-3-5-9-26(36-25-16-10-19(18-22(25)29)11-17-27(34)35-4-2)24-8-6-7-23(33-24)20-12-14-21(15-13-20)28(30,31)32/h6-8,10-18,26H,3-5,9H2,1-2H3. The number of hydrogen-bond donors (Lipinski definition) is 0. The molecular weight excluding hydrogens is 491 g/mol. The maximum absolute atomic E-state index is 12.9. The van der Waals surface area contributed by atoms with Crippen LogP contribution in [-0.2, 0) is 15.7 Å². The molecule has 1 atom stereocenters. The summed E-state index contributed by atoms with van der Waals surface area (Å²) in [4.78, 5) is 16.2. The van der Waals surface area contributed by atoms with E-state index in [-0.39, 0.29) is 0 Å². The Bertz CT molecular complexity index is 1190. The van der Waals surface area contributed by atoms with Crippen LogP contribution in [-0.4, -0.2) is 17.6 Å². The normalized spacial score (nSPS) is 12.5. The third kappa shape index (κ3) is 7.59. The van der Waals surface area contributed by atoms with Crippen molar-refractivity contribution < 1.29 is 27.4 Å². The lowest BCUT2D eigenvalue weighted by atomic mass is 10.1. The van der Waals surface area contributed by atoms with E-state index in [1.54, 1.807) is 37.3 Å². The number of alkyl halides is 3. The molecule has 0 aliphatic carbocycles. The van der Waals surface area contributed by atoms with Crippen molar-refractivity contribution in [3.05, 3.63) is 88.6 Å². The molecule has 190 valence electrons. The summed E-state index contributed by atoms with van der Waals surface area (Å²) in [5.74, 6) is 0.0281. The van der Waals surface area contributed by atoms with Crippen LogP contribution in [0.2, 0.25) is 5.02 Å². The Hall–Kier alpha value is -3.32. The van der Waals surface area contributed by atoms with Crippen molar-refractivity contribution >= 4 is 23.6 Å². The van der Waals surface area contributed by atoms with Gasteiger partial charge in [-0.15, -0.1) is 0 Å². The second-order valence-corrected chi connectivity index (χ2v) is 8.45. The fourth-order valence-electron chi connectivity index (χ4n) is 3.50. The molecule has 1 unspecified atom stereocenters. The highest BCUT2D eigenvalue weighted by Gasteiger charge is 2.30. The van der Waals surface area contributed by atoms with E-state index in [9.17, 15) is 18.0 Å². The number of pyridine rings is 1. The van der Waals surface area contributed by atoms with E-state index in [2.05, 4.69) is 11.9 Å². The summed E-state index contributed by atoms with van der Waals surface area (Å²) in [6, 6.07) is 15.5. The molecule has 0 aliphatic rings. The Morgan fingerprint density at radius 3 is 2.47 bits per heavy atom. The molecule has 3 aromatic rings.